The number of amides is 1. The SMILES string of the molecule is CCN(CCC(=O)O)C(=O)[C@H]1CCCNC1. The number of carboxylic acids is 1. The lowest BCUT2D eigenvalue weighted by Crippen LogP contribution is -2.43. The topological polar surface area (TPSA) is 69.6 Å². The summed E-state index contributed by atoms with van der Waals surface area (Å²) >= 11 is 0. The Kier molecular flexibility index (Phi) is 5.25. The summed E-state index contributed by atoms with van der Waals surface area (Å²) in [7, 11) is 0. The lowest BCUT2D eigenvalue weighted by Gasteiger charge is -2.28. The first-order valence-corrected chi connectivity index (χ1v) is 5.86. The number of nitrogens with one attached hydrogen (secondary N) is 1. The largest absolute Gasteiger partial charge is 0.481 e. The maximum Gasteiger partial charge on any atom is 0.305 e. The molecule has 1 heterocycles. The Morgan fingerprint density at radius 1 is 1.50 bits per heavy atom. The molecule has 5 heteroatoms. The van der Waals surface area contributed by atoms with E-state index in [1.54, 1.807) is 4.90 Å². The number of hydrogen-bond acceptors (Lipinski definition) is 3. The molecule has 1 atom stereocenters. The van der Waals surface area contributed by atoms with Gasteiger partial charge in [0, 0.05) is 19.6 Å². The average Bonchev–Trinajstić information content (AvgIpc) is 2.30. The van der Waals surface area contributed by atoms with Crippen molar-refractivity contribution in [1.82, 2.24) is 10.2 Å². The minimum atomic E-state index is -0.854. The molecule has 0 aromatic carbocycles. The van der Waals surface area contributed by atoms with Crippen molar-refractivity contribution >= 4 is 11.9 Å². The van der Waals surface area contributed by atoms with Crippen molar-refractivity contribution in [3.8, 4) is 0 Å². The van der Waals surface area contributed by atoms with Crippen LogP contribution in [0.25, 0.3) is 0 Å². The molecule has 0 aliphatic carbocycles. The van der Waals surface area contributed by atoms with Crippen molar-refractivity contribution < 1.29 is 14.7 Å². The first-order chi connectivity index (χ1) is 7.65. The van der Waals surface area contributed by atoms with Crippen LogP contribution in [0.15, 0.2) is 0 Å². The Balaban J connectivity index is 2.44. The number of hydrogen-bond donors (Lipinski definition) is 2. The van der Waals surface area contributed by atoms with Crippen LogP contribution < -0.4 is 5.32 Å². The monoisotopic (exact) mass is 228 g/mol. The van der Waals surface area contributed by atoms with Gasteiger partial charge in [0.2, 0.25) is 5.91 Å². The summed E-state index contributed by atoms with van der Waals surface area (Å²) in [5.74, 6) is -0.730. The Hall–Kier alpha value is -1.10. The number of rotatable bonds is 5. The molecule has 0 radical (unpaired) electrons. The molecule has 0 bridgehead atoms. The molecule has 1 rings (SSSR count). The third-order valence-electron chi connectivity index (χ3n) is 2.94. The summed E-state index contributed by atoms with van der Waals surface area (Å²) in [6.45, 7) is 4.49. The van der Waals surface area contributed by atoms with Crippen molar-refractivity contribution in [3.05, 3.63) is 0 Å². The molecule has 5 nitrogen and oxygen atoms in total. The van der Waals surface area contributed by atoms with Gasteiger partial charge in [-0.25, -0.2) is 0 Å². The number of carbonyl (C=O) groups excluding carboxylic acids is 1. The number of carbonyl (C=O) groups is 2. The van der Waals surface area contributed by atoms with Gasteiger partial charge >= 0.3 is 5.97 Å². The van der Waals surface area contributed by atoms with Crippen LogP contribution in [-0.2, 0) is 9.59 Å². The Morgan fingerprint density at radius 3 is 2.75 bits per heavy atom. The van der Waals surface area contributed by atoms with E-state index < -0.39 is 5.97 Å². The fourth-order valence-corrected chi connectivity index (χ4v) is 1.98. The number of nitrogens with zero attached hydrogens (tertiary/aromatic N) is 1. The van der Waals surface area contributed by atoms with Gasteiger partial charge in [-0.2, -0.15) is 0 Å². The number of carboxylic acid groups (broad SMARTS) is 1. The summed E-state index contributed by atoms with van der Waals surface area (Å²) in [6, 6.07) is 0. The molecular formula is C11H20N2O3. The molecule has 0 spiro atoms. The highest BCUT2D eigenvalue weighted by atomic mass is 16.4. The predicted octanol–water partition coefficient (Wildman–Crippen LogP) is 0.309. The van der Waals surface area contributed by atoms with Gasteiger partial charge in [0.25, 0.3) is 0 Å². The highest BCUT2D eigenvalue weighted by molar-refractivity contribution is 5.79. The number of piperidine rings is 1. The van der Waals surface area contributed by atoms with Gasteiger partial charge in [0.1, 0.15) is 0 Å². The molecular weight excluding hydrogens is 208 g/mol. The summed E-state index contributed by atoms with van der Waals surface area (Å²) < 4.78 is 0. The maximum atomic E-state index is 12.0. The fraction of sp³-hybridized carbons (Fsp3) is 0.818. The van der Waals surface area contributed by atoms with E-state index in [9.17, 15) is 9.59 Å². The normalized spacial score (nSPS) is 20.4. The second-order valence-corrected chi connectivity index (χ2v) is 4.10. The van der Waals surface area contributed by atoms with Crippen molar-refractivity contribution in [2.75, 3.05) is 26.2 Å². The standard InChI is InChI=1S/C11H20N2O3/c1-2-13(7-5-10(14)15)11(16)9-4-3-6-12-8-9/h9,12H,2-8H2,1H3,(H,14,15)/t9-/m0/s1. The minimum Gasteiger partial charge on any atom is -0.481 e. The first kappa shape index (κ1) is 13.0. The second kappa shape index (κ2) is 6.48. The van der Waals surface area contributed by atoms with Crippen LogP contribution in [0.2, 0.25) is 0 Å². The molecule has 1 saturated heterocycles. The molecule has 1 aliphatic heterocycles. The third kappa shape index (κ3) is 3.81. The summed E-state index contributed by atoms with van der Waals surface area (Å²) in [4.78, 5) is 24.1. The van der Waals surface area contributed by atoms with Gasteiger partial charge in [-0.15, -0.1) is 0 Å². The van der Waals surface area contributed by atoms with E-state index in [-0.39, 0.29) is 18.2 Å². The van der Waals surface area contributed by atoms with Crippen LogP contribution in [0.4, 0.5) is 0 Å². The van der Waals surface area contributed by atoms with E-state index in [0.29, 0.717) is 13.1 Å². The van der Waals surface area contributed by atoms with E-state index >= 15 is 0 Å². The van der Waals surface area contributed by atoms with Gasteiger partial charge in [0.15, 0.2) is 0 Å². The van der Waals surface area contributed by atoms with Gasteiger partial charge in [-0.3, -0.25) is 9.59 Å². The molecule has 0 aromatic rings. The van der Waals surface area contributed by atoms with Crippen molar-refractivity contribution in [1.29, 1.82) is 0 Å². The molecule has 2 N–H and O–H groups in total. The predicted molar refractivity (Wildman–Crippen MR) is 60.1 cm³/mol. The highest BCUT2D eigenvalue weighted by Gasteiger charge is 2.25. The molecule has 0 saturated carbocycles. The van der Waals surface area contributed by atoms with Crippen LogP contribution in [0.1, 0.15) is 26.2 Å². The second-order valence-electron chi connectivity index (χ2n) is 4.10. The molecule has 0 unspecified atom stereocenters. The summed E-state index contributed by atoms with van der Waals surface area (Å²) in [5, 5.41) is 11.8. The maximum absolute atomic E-state index is 12.0. The molecule has 0 aromatic heterocycles. The van der Waals surface area contributed by atoms with Crippen molar-refractivity contribution in [2.45, 2.75) is 26.2 Å². The van der Waals surface area contributed by atoms with Crippen LogP contribution in [-0.4, -0.2) is 48.1 Å². The third-order valence-corrected chi connectivity index (χ3v) is 2.94. The Bertz CT molecular complexity index is 250. The quantitative estimate of drug-likeness (QED) is 0.710. The average molecular weight is 228 g/mol. The smallest absolute Gasteiger partial charge is 0.305 e. The molecule has 1 fully saturated rings. The van der Waals surface area contributed by atoms with Gasteiger partial charge in [-0.05, 0) is 26.3 Å². The molecule has 1 amide bonds. The highest BCUT2D eigenvalue weighted by Crippen LogP contribution is 2.13. The van der Waals surface area contributed by atoms with Crippen LogP contribution in [0.5, 0.6) is 0 Å². The summed E-state index contributed by atoms with van der Waals surface area (Å²) in [6.07, 6.45) is 1.96. The number of aliphatic carboxylic acids is 1. The van der Waals surface area contributed by atoms with E-state index in [1.807, 2.05) is 6.92 Å². The zero-order valence-electron chi connectivity index (χ0n) is 9.74. The molecule has 16 heavy (non-hydrogen) atoms. The Labute approximate surface area is 95.8 Å². The first-order valence-electron chi connectivity index (χ1n) is 5.86. The summed E-state index contributed by atoms with van der Waals surface area (Å²) in [5.41, 5.74) is 0. The van der Waals surface area contributed by atoms with Crippen LogP contribution >= 0.6 is 0 Å². The minimum absolute atomic E-state index is 0.0275. The fourth-order valence-electron chi connectivity index (χ4n) is 1.98. The molecule has 92 valence electrons. The van der Waals surface area contributed by atoms with Crippen LogP contribution in [0, 0.1) is 5.92 Å². The zero-order valence-corrected chi connectivity index (χ0v) is 9.74. The van der Waals surface area contributed by atoms with Crippen LogP contribution in [0.3, 0.4) is 0 Å². The van der Waals surface area contributed by atoms with Crippen molar-refractivity contribution in [3.63, 3.8) is 0 Å². The lowest BCUT2D eigenvalue weighted by atomic mass is 9.98. The van der Waals surface area contributed by atoms with Crippen molar-refractivity contribution in [2.24, 2.45) is 5.92 Å². The van der Waals surface area contributed by atoms with E-state index in [0.717, 1.165) is 25.9 Å². The van der Waals surface area contributed by atoms with Gasteiger partial charge < -0.3 is 15.3 Å². The molecule has 1 aliphatic rings. The lowest BCUT2D eigenvalue weighted by molar-refractivity contribution is -0.139. The zero-order chi connectivity index (χ0) is 12.0. The van der Waals surface area contributed by atoms with E-state index in [1.165, 1.54) is 0 Å². The van der Waals surface area contributed by atoms with E-state index in [2.05, 4.69) is 5.32 Å². The Morgan fingerprint density at radius 2 is 2.25 bits per heavy atom. The van der Waals surface area contributed by atoms with Gasteiger partial charge in [0.05, 0.1) is 12.3 Å². The van der Waals surface area contributed by atoms with Gasteiger partial charge in [-0.1, -0.05) is 0 Å². The van der Waals surface area contributed by atoms with E-state index in [4.69, 9.17) is 5.11 Å².